The number of nitro benzene ring substituents is 1. The number of amides is 1. The molecule has 1 amide bonds. The Labute approximate surface area is 218 Å². The predicted molar refractivity (Wildman–Crippen MR) is 139 cm³/mol. The largest absolute Gasteiger partial charge is 0.494 e. The number of hydrogen-bond acceptors (Lipinski definition) is 8. The normalized spacial score (nSPS) is 11.2. The second kappa shape index (κ2) is 12.2. The molecule has 0 aromatic heterocycles. The fourth-order valence-electron chi connectivity index (χ4n) is 3.20. The van der Waals surface area contributed by atoms with Gasteiger partial charge in [-0.3, -0.25) is 19.2 Å². The molecular formula is C24H23ClN4O7S. The third kappa shape index (κ3) is 6.96. The first-order valence-electron chi connectivity index (χ1n) is 10.8. The van der Waals surface area contributed by atoms with Gasteiger partial charge in [0.2, 0.25) is 0 Å². The lowest BCUT2D eigenvalue weighted by atomic mass is 10.2. The number of anilines is 1. The number of nitrogens with one attached hydrogen (secondary N) is 1. The van der Waals surface area contributed by atoms with Gasteiger partial charge in [0.05, 0.1) is 35.4 Å². The van der Waals surface area contributed by atoms with Crippen molar-refractivity contribution >= 4 is 45.1 Å². The lowest BCUT2D eigenvalue weighted by Crippen LogP contribution is -2.39. The molecule has 0 unspecified atom stereocenters. The number of ether oxygens (including phenoxy) is 2. The second-order valence-corrected chi connectivity index (χ2v) is 9.67. The summed E-state index contributed by atoms with van der Waals surface area (Å²) in [5, 5.41) is 15.4. The van der Waals surface area contributed by atoms with E-state index in [0.717, 1.165) is 4.31 Å². The van der Waals surface area contributed by atoms with Crippen molar-refractivity contribution in [1.29, 1.82) is 0 Å². The molecule has 0 fully saturated rings. The van der Waals surface area contributed by atoms with Crippen LogP contribution in [0.5, 0.6) is 11.5 Å². The molecule has 194 valence electrons. The van der Waals surface area contributed by atoms with E-state index in [4.69, 9.17) is 21.1 Å². The number of carbonyl (C=O) groups excluding carboxylic acids is 1. The van der Waals surface area contributed by atoms with E-state index in [2.05, 4.69) is 10.5 Å². The van der Waals surface area contributed by atoms with Gasteiger partial charge in [-0.2, -0.15) is 5.10 Å². The highest BCUT2D eigenvalue weighted by molar-refractivity contribution is 7.92. The Bertz CT molecular complexity index is 1400. The summed E-state index contributed by atoms with van der Waals surface area (Å²) in [4.78, 5) is 23.2. The molecule has 3 rings (SSSR count). The molecule has 0 spiro atoms. The zero-order valence-electron chi connectivity index (χ0n) is 19.8. The van der Waals surface area contributed by atoms with Crippen molar-refractivity contribution in [2.45, 2.75) is 11.8 Å². The topological polar surface area (TPSA) is 140 Å². The van der Waals surface area contributed by atoms with E-state index in [9.17, 15) is 23.3 Å². The van der Waals surface area contributed by atoms with Gasteiger partial charge in [-0.1, -0.05) is 11.6 Å². The quantitative estimate of drug-likeness (QED) is 0.218. The summed E-state index contributed by atoms with van der Waals surface area (Å²) in [5.41, 5.74) is 2.53. The molecule has 0 saturated heterocycles. The minimum Gasteiger partial charge on any atom is -0.494 e. The molecule has 0 bridgehead atoms. The third-order valence-electron chi connectivity index (χ3n) is 4.93. The van der Waals surface area contributed by atoms with Gasteiger partial charge in [0, 0.05) is 16.7 Å². The minimum atomic E-state index is -4.16. The number of hydrazone groups is 1. The molecule has 0 aliphatic carbocycles. The van der Waals surface area contributed by atoms with Crippen LogP contribution in [-0.2, 0) is 14.8 Å². The van der Waals surface area contributed by atoms with Crippen LogP contribution in [0, 0.1) is 10.1 Å². The zero-order chi connectivity index (χ0) is 27.0. The fourth-order valence-corrected chi connectivity index (χ4v) is 4.75. The Kier molecular flexibility index (Phi) is 9.04. The van der Waals surface area contributed by atoms with E-state index < -0.39 is 27.4 Å². The smallest absolute Gasteiger partial charge is 0.311 e. The lowest BCUT2D eigenvalue weighted by molar-refractivity contribution is -0.385. The number of halogens is 1. The SMILES string of the molecule is CCOc1ccc(N(CC(=O)N/N=C\c2ccc(OC)c([N+](=O)[O-])c2)S(=O)(=O)c2ccc(Cl)cc2)cc1. The van der Waals surface area contributed by atoms with Crippen LogP contribution in [0.2, 0.25) is 5.02 Å². The first-order valence-corrected chi connectivity index (χ1v) is 12.6. The molecule has 0 saturated carbocycles. The Morgan fingerprint density at radius 3 is 2.41 bits per heavy atom. The molecule has 0 atom stereocenters. The highest BCUT2D eigenvalue weighted by Gasteiger charge is 2.27. The summed E-state index contributed by atoms with van der Waals surface area (Å²) in [6, 6.07) is 15.9. The summed E-state index contributed by atoms with van der Waals surface area (Å²) >= 11 is 5.89. The first-order chi connectivity index (χ1) is 17.6. The molecular weight excluding hydrogens is 524 g/mol. The Morgan fingerprint density at radius 1 is 1.14 bits per heavy atom. The highest BCUT2D eigenvalue weighted by atomic mass is 35.5. The van der Waals surface area contributed by atoms with E-state index in [-0.39, 0.29) is 22.0 Å². The van der Waals surface area contributed by atoms with E-state index in [1.165, 1.54) is 67.9 Å². The van der Waals surface area contributed by atoms with Crippen LogP contribution < -0.4 is 19.2 Å². The second-order valence-electron chi connectivity index (χ2n) is 7.37. The molecule has 11 nitrogen and oxygen atoms in total. The van der Waals surface area contributed by atoms with Crippen LogP contribution in [-0.4, -0.2) is 45.7 Å². The maximum absolute atomic E-state index is 13.4. The summed E-state index contributed by atoms with van der Waals surface area (Å²) in [6.45, 7) is 1.66. The fraction of sp³-hybridized carbons (Fsp3) is 0.167. The van der Waals surface area contributed by atoms with Crippen LogP contribution in [0.1, 0.15) is 12.5 Å². The third-order valence-corrected chi connectivity index (χ3v) is 6.97. The van der Waals surface area contributed by atoms with Crippen molar-refractivity contribution in [3.8, 4) is 11.5 Å². The minimum absolute atomic E-state index is 0.0624. The number of benzene rings is 3. The van der Waals surface area contributed by atoms with Crippen LogP contribution in [0.4, 0.5) is 11.4 Å². The van der Waals surface area contributed by atoms with Gasteiger partial charge in [-0.25, -0.2) is 13.8 Å². The van der Waals surface area contributed by atoms with Gasteiger partial charge in [-0.15, -0.1) is 0 Å². The van der Waals surface area contributed by atoms with Crippen molar-refractivity contribution in [2.75, 3.05) is 24.6 Å². The van der Waals surface area contributed by atoms with E-state index in [1.54, 1.807) is 12.1 Å². The summed E-state index contributed by atoms with van der Waals surface area (Å²) in [5.74, 6) is -0.131. The molecule has 3 aromatic carbocycles. The summed E-state index contributed by atoms with van der Waals surface area (Å²) in [6.07, 6.45) is 1.19. The number of nitrogens with zero attached hydrogens (tertiary/aromatic N) is 3. The molecule has 1 N–H and O–H groups in total. The van der Waals surface area contributed by atoms with Gasteiger partial charge >= 0.3 is 5.69 Å². The number of sulfonamides is 1. The Balaban J connectivity index is 1.83. The zero-order valence-corrected chi connectivity index (χ0v) is 21.4. The molecule has 0 aliphatic heterocycles. The average Bonchev–Trinajstić information content (AvgIpc) is 2.88. The van der Waals surface area contributed by atoms with Gasteiger partial charge in [0.15, 0.2) is 5.75 Å². The van der Waals surface area contributed by atoms with Crippen LogP contribution in [0.15, 0.2) is 76.7 Å². The van der Waals surface area contributed by atoms with E-state index in [1.807, 2.05) is 6.92 Å². The monoisotopic (exact) mass is 546 g/mol. The van der Waals surface area contributed by atoms with Crippen LogP contribution in [0.3, 0.4) is 0 Å². The molecule has 0 aliphatic rings. The van der Waals surface area contributed by atoms with Crippen molar-refractivity contribution in [3.63, 3.8) is 0 Å². The van der Waals surface area contributed by atoms with Gasteiger partial charge in [-0.05, 0) is 67.6 Å². The van der Waals surface area contributed by atoms with E-state index in [0.29, 0.717) is 22.9 Å². The van der Waals surface area contributed by atoms with Gasteiger partial charge in [0.25, 0.3) is 15.9 Å². The Hall–Kier alpha value is -4.16. The first kappa shape index (κ1) is 27.4. The molecule has 0 radical (unpaired) electrons. The summed E-state index contributed by atoms with van der Waals surface area (Å²) in [7, 11) is -2.85. The number of carbonyl (C=O) groups is 1. The predicted octanol–water partition coefficient (Wildman–Crippen LogP) is 4.00. The molecule has 37 heavy (non-hydrogen) atoms. The highest BCUT2D eigenvalue weighted by Crippen LogP contribution is 2.28. The van der Waals surface area contributed by atoms with Gasteiger partial charge < -0.3 is 9.47 Å². The van der Waals surface area contributed by atoms with Gasteiger partial charge in [0.1, 0.15) is 12.3 Å². The Morgan fingerprint density at radius 2 is 1.81 bits per heavy atom. The molecule has 3 aromatic rings. The number of hydrogen-bond donors (Lipinski definition) is 1. The maximum atomic E-state index is 13.4. The van der Waals surface area contributed by atoms with Crippen molar-refractivity contribution in [3.05, 3.63) is 87.4 Å². The van der Waals surface area contributed by atoms with Crippen molar-refractivity contribution < 1.29 is 27.6 Å². The molecule has 13 heteroatoms. The number of methoxy groups -OCH3 is 1. The molecule has 0 heterocycles. The lowest BCUT2D eigenvalue weighted by Gasteiger charge is -2.24. The van der Waals surface area contributed by atoms with Crippen LogP contribution >= 0.6 is 11.6 Å². The van der Waals surface area contributed by atoms with E-state index >= 15 is 0 Å². The van der Waals surface area contributed by atoms with Crippen LogP contribution in [0.25, 0.3) is 0 Å². The summed E-state index contributed by atoms with van der Waals surface area (Å²) < 4.78 is 38.1. The number of nitro groups is 1. The number of rotatable bonds is 11. The average molecular weight is 547 g/mol. The van der Waals surface area contributed by atoms with Crippen molar-refractivity contribution in [1.82, 2.24) is 5.43 Å². The standard InChI is InChI=1S/C24H23ClN4O7S/c1-3-36-20-9-7-19(8-10-20)28(37(33,34)21-11-5-18(25)6-12-21)16-24(30)27-26-15-17-4-13-23(35-2)22(14-17)29(31)32/h4-15H,3,16H2,1-2H3,(H,27,30)/b26-15-. The van der Waals surface area contributed by atoms with Crippen molar-refractivity contribution in [2.24, 2.45) is 5.10 Å². The maximum Gasteiger partial charge on any atom is 0.311 e.